The molecule has 0 radical (unpaired) electrons. The number of nitrogens with one attached hydrogen (secondary N) is 1. The van der Waals surface area contributed by atoms with Gasteiger partial charge in [0.25, 0.3) is 0 Å². The van der Waals surface area contributed by atoms with Gasteiger partial charge in [-0.15, -0.1) is 5.48 Å². The molecule has 2 rings (SSSR count). The Labute approximate surface area is 108 Å². The highest BCUT2D eigenvalue weighted by Gasteiger charge is 2.44. The fraction of sp³-hybridized carbons (Fsp3) is 0.182. The lowest BCUT2D eigenvalue weighted by Crippen LogP contribution is -2.48. The summed E-state index contributed by atoms with van der Waals surface area (Å²) in [5.41, 5.74) is 7.08. The van der Waals surface area contributed by atoms with E-state index in [1.54, 1.807) is 31.2 Å². The summed E-state index contributed by atoms with van der Waals surface area (Å²) in [6.45, 7) is 1.70. The van der Waals surface area contributed by atoms with Gasteiger partial charge < -0.3 is 10.6 Å². The summed E-state index contributed by atoms with van der Waals surface area (Å²) in [4.78, 5) is 16.8. The van der Waals surface area contributed by atoms with Crippen LogP contribution in [0.15, 0.2) is 30.0 Å². The molecule has 0 fully saturated rings. The maximum absolute atomic E-state index is 11.7. The zero-order valence-electron chi connectivity index (χ0n) is 8.96. The van der Waals surface area contributed by atoms with E-state index >= 15 is 0 Å². The van der Waals surface area contributed by atoms with Crippen molar-refractivity contribution in [1.29, 1.82) is 0 Å². The van der Waals surface area contributed by atoms with Gasteiger partial charge in [-0.05, 0) is 25.1 Å². The number of halogens is 2. The minimum absolute atomic E-state index is 0.346. The molecule has 1 heterocycles. The maximum atomic E-state index is 11.7. The molecule has 1 atom stereocenters. The molecular formula is C11H10Cl2N2O2. The molecule has 1 aromatic rings. The van der Waals surface area contributed by atoms with Gasteiger partial charge in [0.05, 0.1) is 0 Å². The highest BCUT2D eigenvalue weighted by molar-refractivity contribution is 6.36. The fourth-order valence-electron chi connectivity index (χ4n) is 1.77. The summed E-state index contributed by atoms with van der Waals surface area (Å²) < 4.78 is 0. The van der Waals surface area contributed by atoms with E-state index in [1.165, 1.54) is 0 Å². The molecule has 3 N–H and O–H groups in total. The molecule has 4 nitrogen and oxygen atoms in total. The van der Waals surface area contributed by atoms with Gasteiger partial charge in [-0.2, -0.15) is 0 Å². The van der Waals surface area contributed by atoms with E-state index in [9.17, 15) is 4.79 Å². The topological polar surface area (TPSA) is 64.4 Å². The number of hydroxylamine groups is 1. The van der Waals surface area contributed by atoms with Crippen LogP contribution in [0.5, 0.6) is 0 Å². The number of primary amides is 1. The standard InChI is InChI=1S/C11H10Cl2N2O2/c1-6-5-11(10(14)16,15-17-6)9-7(12)3-2-4-8(9)13/h2-5,15H,1H3,(H2,14,16). The van der Waals surface area contributed by atoms with Gasteiger partial charge in [0.1, 0.15) is 5.76 Å². The first-order chi connectivity index (χ1) is 7.97. The highest BCUT2D eigenvalue weighted by atomic mass is 35.5. The predicted octanol–water partition coefficient (Wildman–Crippen LogP) is 2.11. The normalized spacial score (nSPS) is 23.1. The molecule has 0 saturated carbocycles. The van der Waals surface area contributed by atoms with E-state index in [2.05, 4.69) is 5.48 Å². The number of hydrogen-bond acceptors (Lipinski definition) is 3. The van der Waals surface area contributed by atoms with Gasteiger partial charge in [0.2, 0.25) is 5.91 Å². The van der Waals surface area contributed by atoms with Crippen LogP contribution in [0.1, 0.15) is 12.5 Å². The number of amides is 1. The Morgan fingerprint density at radius 1 is 1.41 bits per heavy atom. The van der Waals surface area contributed by atoms with Crippen molar-refractivity contribution in [3.05, 3.63) is 45.6 Å². The Kier molecular flexibility index (Phi) is 3.03. The van der Waals surface area contributed by atoms with Gasteiger partial charge >= 0.3 is 0 Å². The van der Waals surface area contributed by atoms with Gasteiger partial charge in [0.15, 0.2) is 5.54 Å². The van der Waals surface area contributed by atoms with Crippen molar-refractivity contribution in [2.24, 2.45) is 5.73 Å². The van der Waals surface area contributed by atoms with Crippen LogP contribution in [-0.2, 0) is 15.2 Å². The zero-order chi connectivity index (χ0) is 12.6. The van der Waals surface area contributed by atoms with E-state index in [1.807, 2.05) is 0 Å². The summed E-state index contributed by atoms with van der Waals surface area (Å²) in [7, 11) is 0. The number of carbonyl (C=O) groups excluding carboxylic acids is 1. The number of benzene rings is 1. The lowest BCUT2D eigenvalue weighted by Gasteiger charge is -2.24. The Hall–Kier alpha value is -1.23. The molecule has 6 heteroatoms. The molecule has 1 amide bonds. The predicted molar refractivity (Wildman–Crippen MR) is 65.3 cm³/mol. The first-order valence-corrected chi connectivity index (χ1v) is 5.61. The van der Waals surface area contributed by atoms with Crippen molar-refractivity contribution < 1.29 is 9.63 Å². The molecular weight excluding hydrogens is 263 g/mol. The van der Waals surface area contributed by atoms with Crippen molar-refractivity contribution in [3.63, 3.8) is 0 Å². The van der Waals surface area contributed by atoms with Crippen molar-refractivity contribution in [2.75, 3.05) is 0 Å². The van der Waals surface area contributed by atoms with Crippen LogP contribution < -0.4 is 11.2 Å². The van der Waals surface area contributed by atoms with Crippen LogP contribution in [0, 0.1) is 0 Å². The summed E-state index contributed by atoms with van der Waals surface area (Å²) in [5.74, 6) is -0.107. The number of hydrogen-bond donors (Lipinski definition) is 2. The lowest BCUT2D eigenvalue weighted by molar-refractivity contribution is -0.125. The Morgan fingerprint density at radius 2 is 2.00 bits per heavy atom. The van der Waals surface area contributed by atoms with Gasteiger partial charge in [-0.1, -0.05) is 29.3 Å². The Balaban J connectivity index is 2.67. The highest BCUT2D eigenvalue weighted by Crippen LogP contribution is 2.38. The SMILES string of the molecule is CC1=CC(C(N)=O)(c2c(Cl)cccc2Cl)NO1. The van der Waals surface area contributed by atoms with E-state index in [4.69, 9.17) is 33.8 Å². The fourth-order valence-corrected chi connectivity index (χ4v) is 2.46. The molecule has 90 valence electrons. The first-order valence-electron chi connectivity index (χ1n) is 4.85. The van der Waals surface area contributed by atoms with E-state index in [-0.39, 0.29) is 0 Å². The van der Waals surface area contributed by atoms with Crippen LogP contribution in [-0.4, -0.2) is 5.91 Å². The van der Waals surface area contributed by atoms with E-state index in [0.29, 0.717) is 21.4 Å². The van der Waals surface area contributed by atoms with Crippen LogP contribution in [0.4, 0.5) is 0 Å². The second-order valence-electron chi connectivity index (χ2n) is 3.73. The monoisotopic (exact) mass is 272 g/mol. The maximum Gasteiger partial charge on any atom is 0.249 e. The quantitative estimate of drug-likeness (QED) is 0.867. The molecule has 1 aliphatic rings. The summed E-state index contributed by atoms with van der Waals surface area (Å²) in [6.07, 6.45) is 1.56. The molecule has 1 aliphatic heterocycles. The minimum Gasteiger partial charge on any atom is -0.412 e. The third-order valence-corrected chi connectivity index (χ3v) is 3.17. The third-order valence-electron chi connectivity index (χ3n) is 2.54. The zero-order valence-corrected chi connectivity index (χ0v) is 10.5. The number of nitrogens with two attached hydrogens (primary N) is 1. The van der Waals surface area contributed by atoms with Crippen LogP contribution in [0.25, 0.3) is 0 Å². The number of rotatable bonds is 2. The van der Waals surface area contributed by atoms with Crippen LogP contribution >= 0.6 is 23.2 Å². The second kappa shape index (κ2) is 4.22. The van der Waals surface area contributed by atoms with Gasteiger partial charge in [-0.25, -0.2) is 0 Å². The Bertz CT molecular complexity index is 496. The van der Waals surface area contributed by atoms with E-state index < -0.39 is 11.4 Å². The molecule has 0 aliphatic carbocycles. The van der Waals surface area contributed by atoms with Gasteiger partial charge in [-0.3, -0.25) is 4.79 Å². The van der Waals surface area contributed by atoms with Crippen LogP contribution in [0.2, 0.25) is 10.0 Å². The second-order valence-corrected chi connectivity index (χ2v) is 4.54. The minimum atomic E-state index is -1.32. The first kappa shape index (κ1) is 12.2. The van der Waals surface area contributed by atoms with Crippen molar-refractivity contribution in [1.82, 2.24) is 5.48 Å². The van der Waals surface area contributed by atoms with E-state index in [0.717, 1.165) is 0 Å². The summed E-state index contributed by atoms with van der Waals surface area (Å²) >= 11 is 12.1. The molecule has 0 aromatic heterocycles. The van der Waals surface area contributed by atoms with Crippen molar-refractivity contribution in [3.8, 4) is 0 Å². The van der Waals surface area contributed by atoms with Crippen LogP contribution in [0.3, 0.4) is 0 Å². The smallest absolute Gasteiger partial charge is 0.249 e. The average Bonchev–Trinajstić information content (AvgIpc) is 2.61. The molecule has 0 saturated heterocycles. The van der Waals surface area contributed by atoms with Crippen molar-refractivity contribution in [2.45, 2.75) is 12.5 Å². The Morgan fingerprint density at radius 3 is 2.41 bits per heavy atom. The third kappa shape index (κ3) is 1.88. The van der Waals surface area contributed by atoms with Crippen molar-refractivity contribution >= 4 is 29.1 Å². The number of allylic oxidation sites excluding steroid dienone is 1. The number of carbonyl (C=O) groups is 1. The van der Waals surface area contributed by atoms with Gasteiger partial charge in [0, 0.05) is 15.6 Å². The lowest BCUT2D eigenvalue weighted by atomic mass is 9.89. The molecule has 1 unspecified atom stereocenters. The summed E-state index contributed by atoms with van der Waals surface area (Å²) in [5, 5.41) is 0.691. The molecule has 0 spiro atoms. The summed E-state index contributed by atoms with van der Waals surface area (Å²) in [6, 6.07) is 4.96. The molecule has 17 heavy (non-hydrogen) atoms. The average molecular weight is 273 g/mol. The largest absolute Gasteiger partial charge is 0.412 e. The molecule has 1 aromatic carbocycles. The molecule has 0 bridgehead atoms.